The molecule has 7 heteroatoms. The number of nitrogens with one attached hydrogen (secondary N) is 3. The molecule has 0 unspecified atom stereocenters. The molecule has 0 bridgehead atoms. The van der Waals surface area contributed by atoms with Crippen LogP contribution in [0.15, 0.2) is 54.6 Å². The number of fused-ring (bicyclic) bond motifs is 1. The number of benzene rings is 3. The molecule has 0 saturated heterocycles. The molecule has 0 heterocycles. The van der Waals surface area contributed by atoms with Gasteiger partial charge in [0.05, 0.1) is 11.3 Å². The summed E-state index contributed by atoms with van der Waals surface area (Å²) in [4.78, 5) is 38.7. The number of rotatable bonds is 7. The number of hydrogen-bond acceptors (Lipinski definition) is 3. The summed E-state index contributed by atoms with van der Waals surface area (Å²) in [6.45, 7) is 6.07. The Hall–Kier alpha value is -3.87. The molecule has 1 fully saturated rings. The Labute approximate surface area is 217 Å². The molecule has 3 aromatic carbocycles. The molecule has 0 aromatic heterocycles. The van der Waals surface area contributed by atoms with Gasteiger partial charge in [-0.3, -0.25) is 4.79 Å². The van der Waals surface area contributed by atoms with Crippen LogP contribution in [0.3, 0.4) is 0 Å². The highest BCUT2D eigenvalue weighted by molar-refractivity contribution is 6.10. The highest BCUT2D eigenvalue weighted by Gasteiger charge is 2.31. The predicted octanol–water partition coefficient (Wildman–Crippen LogP) is 6.68. The first kappa shape index (κ1) is 26.2. The van der Waals surface area contributed by atoms with Gasteiger partial charge in [-0.05, 0) is 65.6 Å². The van der Waals surface area contributed by atoms with E-state index in [1.165, 1.54) is 0 Å². The van der Waals surface area contributed by atoms with Crippen molar-refractivity contribution in [3.05, 3.63) is 71.3 Å². The average Bonchev–Trinajstić information content (AvgIpc) is 2.88. The van der Waals surface area contributed by atoms with E-state index in [0.29, 0.717) is 5.69 Å². The van der Waals surface area contributed by atoms with E-state index < -0.39 is 23.9 Å². The van der Waals surface area contributed by atoms with E-state index in [0.717, 1.165) is 59.7 Å². The van der Waals surface area contributed by atoms with Crippen molar-refractivity contribution in [2.24, 2.45) is 5.92 Å². The molecule has 1 aliphatic carbocycles. The van der Waals surface area contributed by atoms with Gasteiger partial charge in [0, 0.05) is 5.69 Å². The molecule has 4 N–H and O–H groups in total. The molecule has 1 saturated carbocycles. The minimum absolute atomic E-state index is 0.106. The Kier molecular flexibility index (Phi) is 8.11. The second kappa shape index (κ2) is 11.5. The van der Waals surface area contributed by atoms with E-state index in [-0.39, 0.29) is 17.4 Å². The molecule has 1 aliphatic rings. The van der Waals surface area contributed by atoms with Crippen molar-refractivity contribution in [1.82, 2.24) is 5.32 Å². The van der Waals surface area contributed by atoms with Gasteiger partial charge in [0.2, 0.25) is 0 Å². The lowest BCUT2D eigenvalue weighted by Gasteiger charge is -2.28. The molecule has 0 radical (unpaired) electrons. The Bertz CT molecular complexity index is 1310. The number of urea groups is 1. The minimum Gasteiger partial charge on any atom is -0.480 e. The molecule has 1 atom stereocenters. The van der Waals surface area contributed by atoms with Crippen LogP contribution in [0.2, 0.25) is 0 Å². The SMILES string of the molecule is Cc1cccc(C(C)C)c1NC(=O)Nc1cc2ccccc2cc1C(=O)N[C@@H](C(=O)O)C1CCCCC1. The molecule has 0 spiro atoms. The Balaban J connectivity index is 1.63. The van der Waals surface area contributed by atoms with Gasteiger partial charge in [0.25, 0.3) is 5.91 Å². The van der Waals surface area contributed by atoms with Crippen LogP contribution < -0.4 is 16.0 Å². The van der Waals surface area contributed by atoms with Crippen LogP contribution in [-0.2, 0) is 4.79 Å². The molecule has 3 amide bonds. The fourth-order valence-corrected chi connectivity index (χ4v) is 5.21. The van der Waals surface area contributed by atoms with Crippen molar-refractivity contribution < 1.29 is 19.5 Å². The maximum absolute atomic E-state index is 13.5. The third-order valence-corrected chi connectivity index (χ3v) is 7.22. The van der Waals surface area contributed by atoms with Crippen molar-refractivity contribution in [3.63, 3.8) is 0 Å². The third kappa shape index (κ3) is 6.10. The van der Waals surface area contributed by atoms with Crippen LogP contribution in [-0.4, -0.2) is 29.1 Å². The molecule has 37 heavy (non-hydrogen) atoms. The Morgan fingerprint density at radius 1 is 0.892 bits per heavy atom. The summed E-state index contributed by atoms with van der Waals surface area (Å²) in [7, 11) is 0. The van der Waals surface area contributed by atoms with E-state index in [2.05, 4.69) is 29.8 Å². The molecule has 3 aromatic rings. The third-order valence-electron chi connectivity index (χ3n) is 7.22. The first-order valence-electron chi connectivity index (χ1n) is 13.0. The van der Waals surface area contributed by atoms with Crippen LogP contribution in [0.25, 0.3) is 10.8 Å². The first-order chi connectivity index (χ1) is 17.7. The summed E-state index contributed by atoms with van der Waals surface area (Å²) in [5, 5.41) is 20.1. The maximum Gasteiger partial charge on any atom is 0.326 e. The zero-order valence-corrected chi connectivity index (χ0v) is 21.6. The van der Waals surface area contributed by atoms with Gasteiger partial charge in [-0.1, -0.05) is 75.6 Å². The van der Waals surface area contributed by atoms with Gasteiger partial charge >= 0.3 is 12.0 Å². The second-order valence-corrected chi connectivity index (χ2v) is 10.2. The van der Waals surface area contributed by atoms with Crippen molar-refractivity contribution in [2.45, 2.75) is 64.8 Å². The highest BCUT2D eigenvalue weighted by atomic mass is 16.4. The number of aryl methyl sites for hydroxylation is 1. The Morgan fingerprint density at radius 2 is 1.57 bits per heavy atom. The Morgan fingerprint density at radius 3 is 2.22 bits per heavy atom. The van der Waals surface area contributed by atoms with E-state index in [1.807, 2.05) is 49.4 Å². The highest BCUT2D eigenvalue weighted by Crippen LogP contribution is 2.30. The number of anilines is 2. The van der Waals surface area contributed by atoms with Crippen LogP contribution in [0.1, 0.15) is 73.4 Å². The molecule has 194 valence electrons. The van der Waals surface area contributed by atoms with Gasteiger partial charge < -0.3 is 21.1 Å². The summed E-state index contributed by atoms with van der Waals surface area (Å²) in [6.07, 6.45) is 4.56. The smallest absolute Gasteiger partial charge is 0.326 e. The summed E-state index contributed by atoms with van der Waals surface area (Å²) in [6, 6.07) is 15.4. The predicted molar refractivity (Wildman–Crippen MR) is 147 cm³/mol. The zero-order valence-electron chi connectivity index (χ0n) is 21.6. The number of carbonyl (C=O) groups is 3. The number of carbonyl (C=O) groups excluding carboxylic acids is 2. The lowest BCUT2D eigenvalue weighted by Crippen LogP contribution is -2.46. The largest absolute Gasteiger partial charge is 0.480 e. The molecule has 7 nitrogen and oxygen atoms in total. The molecular weight excluding hydrogens is 466 g/mol. The molecule has 4 rings (SSSR count). The summed E-state index contributed by atoms with van der Waals surface area (Å²) < 4.78 is 0. The number of aliphatic carboxylic acids is 1. The van der Waals surface area contributed by atoms with E-state index in [1.54, 1.807) is 12.1 Å². The monoisotopic (exact) mass is 501 g/mol. The number of hydrogen-bond donors (Lipinski definition) is 4. The van der Waals surface area contributed by atoms with Gasteiger partial charge in [-0.25, -0.2) is 9.59 Å². The standard InChI is InChI=1S/C30H35N3O4/c1-18(2)23-15-9-10-19(3)26(23)33-30(37)31-25-17-22-14-8-7-13-21(22)16-24(25)28(34)32-27(29(35)36)20-11-5-4-6-12-20/h7-10,13-18,20,27H,4-6,11-12H2,1-3H3,(H,32,34)(H,35,36)(H2,31,33,37)/t27-/m1/s1. The van der Waals surface area contributed by atoms with Crippen LogP contribution >= 0.6 is 0 Å². The normalized spacial score (nSPS) is 14.8. The van der Waals surface area contributed by atoms with E-state index in [4.69, 9.17) is 0 Å². The summed E-state index contributed by atoms with van der Waals surface area (Å²) in [5.41, 5.74) is 3.24. The zero-order chi connectivity index (χ0) is 26.5. The molecule has 0 aliphatic heterocycles. The fraction of sp³-hybridized carbons (Fsp3) is 0.367. The second-order valence-electron chi connectivity index (χ2n) is 10.2. The lowest BCUT2D eigenvalue weighted by molar-refractivity contribution is -0.141. The summed E-state index contributed by atoms with van der Waals surface area (Å²) >= 11 is 0. The number of carboxylic acid groups (broad SMARTS) is 1. The quantitative estimate of drug-likeness (QED) is 0.290. The van der Waals surface area contributed by atoms with Crippen LogP contribution in [0.4, 0.5) is 16.2 Å². The van der Waals surface area contributed by atoms with E-state index >= 15 is 0 Å². The number of para-hydroxylation sites is 1. The minimum atomic E-state index is -1.03. The topological polar surface area (TPSA) is 108 Å². The van der Waals surface area contributed by atoms with E-state index in [9.17, 15) is 19.5 Å². The van der Waals surface area contributed by atoms with Crippen LogP contribution in [0.5, 0.6) is 0 Å². The number of amides is 3. The van der Waals surface area contributed by atoms with Crippen molar-refractivity contribution >= 4 is 40.1 Å². The van der Waals surface area contributed by atoms with Crippen LogP contribution in [0, 0.1) is 12.8 Å². The molecular formula is C30H35N3O4. The maximum atomic E-state index is 13.5. The first-order valence-corrected chi connectivity index (χ1v) is 13.0. The number of carboxylic acids is 1. The average molecular weight is 502 g/mol. The van der Waals surface area contributed by atoms with Crippen molar-refractivity contribution in [2.75, 3.05) is 10.6 Å². The van der Waals surface area contributed by atoms with Crippen molar-refractivity contribution in [3.8, 4) is 0 Å². The van der Waals surface area contributed by atoms with Gasteiger partial charge in [0.1, 0.15) is 6.04 Å². The summed E-state index contributed by atoms with van der Waals surface area (Å²) in [5.74, 6) is -1.44. The fourth-order valence-electron chi connectivity index (χ4n) is 5.21. The van der Waals surface area contributed by atoms with Crippen molar-refractivity contribution in [1.29, 1.82) is 0 Å². The van der Waals surface area contributed by atoms with Gasteiger partial charge in [-0.2, -0.15) is 0 Å². The van der Waals surface area contributed by atoms with Gasteiger partial charge in [-0.15, -0.1) is 0 Å². The van der Waals surface area contributed by atoms with Gasteiger partial charge in [0.15, 0.2) is 0 Å². The lowest BCUT2D eigenvalue weighted by atomic mass is 9.83.